The molecule has 5 nitrogen and oxygen atoms in total. The largest absolute Gasteiger partial charge is 0.435 e. The van der Waals surface area contributed by atoms with Gasteiger partial charge in [-0.2, -0.15) is 8.78 Å². The highest BCUT2D eigenvalue weighted by molar-refractivity contribution is 5.91. The van der Waals surface area contributed by atoms with E-state index in [1.165, 1.54) is 18.2 Å². The maximum atomic E-state index is 12.1. The van der Waals surface area contributed by atoms with Gasteiger partial charge in [0, 0.05) is 12.6 Å². The monoisotopic (exact) mass is 355 g/mol. The molecule has 0 saturated carbocycles. The maximum absolute atomic E-state index is 12.1. The van der Waals surface area contributed by atoms with E-state index in [4.69, 9.17) is 0 Å². The molecule has 0 saturated heterocycles. The number of nitrogens with zero attached hydrogens (tertiary/aromatic N) is 2. The molecular weight excluding hydrogens is 340 g/mol. The van der Waals surface area contributed by atoms with Gasteiger partial charge in [-0.15, -0.1) is 0 Å². The fraction of sp³-hybridized carbons (Fsp3) is 0.105. The second-order valence-electron chi connectivity index (χ2n) is 5.36. The van der Waals surface area contributed by atoms with Crippen LogP contribution in [0.3, 0.4) is 0 Å². The number of alkyl halides is 2. The minimum atomic E-state index is -2.86. The number of ether oxygens (including phenoxy) is 1. The van der Waals surface area contributed by atoms with Crippen molar-refractivity contribution in [1.82, 2.24) is 15.3 Å². The van der Waals surface area contributed by atoms with Crippen molar-refractivity contribution in [2.24, 2.45) is 0 Å². The number of rotatable bonds is 6. The number of hydrogen-bond donors (Lipinski definition) is 1. The van der Waals surface area contributed by atoms with Gasteiger partial charge in [-0.3, -0.25) is 9.78 Å². The van der Waals surface area contributed by atoms with Gasteiger partial charge in [0.2, 0.25) is 5.91 Å². The van der Waals surface area contributed by atoms with Gasteiger partial charge in [-0.05, 0) is 35.9 Å². The van der Waals surface area contributed by atoms with Crippen LogP contribution in [0.25, 0.3) is 17.1 Å². The number of nitrogens with one attached hydrogen (secondary N) is 1. The Balaban J connectivity index is 1.55. The molecule has 1 amide bonds. The molecule has 2 aromatic carbocycles. The van der Waals surface area contributed by atoms with Crippen molar-refractivity contribution in [2.45, 2.75) is 13.2 Å². The number of hydrogen-bond acceptors (Lipinski definition) is 4. The topological polar surface area (TPSA) is 64.1 Å². The Hall–Kier alpha value is -3.35. The zero-order valence-electron chi connectivity index (χ0n) is 13.6. The lowest BCUT2D eigenvalue weighted by Crippen LogP contribution is -2.20. The van der Waals surface area contributed by atoms with E-state index in [9.17, 15) is 13.6 Å². The van der Waals surface area contributed by atoms with E-state index in [1.54, 1.807) is 24.4 Å². The predicted octanol–water partition coefficient (Wildman–Crippen LogP) is 3.56. The van der Waals surface area contributed by atoms with Crippen molar-refractivity contribution < 1.29 is 18.3 Å². The third-order valence-corrected chi connectivity index (χ3v) is 3.49. The summed E-state index contributed by atoms with van der Waals surface area (Å²) in [5.41, 5.74) is 2.88. The first kappa shape index (κ1) is 17.5. The first-order valence-corrected chi connectivity index (χ1v) is 7.81. The summed E-state index contributed by atoms with van der Waals surface area (Å²) in [6, 6.07) is 13.5. The summed E-state index contributed by atoms with van der Waals surface area (Å²) in [5, 5.41) is 2.70. The van der Waals surface area contributed by atoms with Crippen LogP contribution < -0.4 is 10.1 Å². The number of carbonyl (C=O) groups excluding carboxylic acids is 1. The van der Waals surface area contributed by atoms with E-state index in [2.05, 4.69) is 20.0 Å². The molecule has 7 heteroatoms. The van der Waals surface area contributed by atoms with Crippen LogP contribution >= 0.6 is 0 Å². The SMILES string of the molecule is O=C(/C=C/c1cnc2ccccc2n1)NCc1ccc(OC(F)F)cc1. The van der Waals surface area contributed by atoms with Gasteiger partial charge in [0.25, 0.3) is 0 Å². The second-order valence-corrected chi connectivity index (χ2v) is 5.36. The van der Waals surface area contributed by atoms with Crippen LogP contribution in [-0.4, -0.2) is 22.5 Å². The molecule has 1 aromatic heterocycles. The quantitative estimate of drug-likeness (QED) is 0.687. The molecule has 0 aliphatic heterocycles. The summed E-state index contributed by atoms with van der Waals surface area (Å²) in [5.74, 6) is -0.224. The van der Waals surface area contributed by atoms with Crippen molar-refractivity contribution in [3.05, 3.63) is 72.1 Å². The van der Waals surface area contributed by atoms with Crippen molar-refractivity contribution in [3.8, 4) is 5.75 Å². The van der Waals surface area contributed by atoms with Crippen LogP contribution in [0.15, 0.2) is 60.8 Å². The molecule has 1 N–H and O–H groups in total. The number of amides is 1. The number of fused-ring (bicyclic) bond motifs is 1. The Labute approximate surface area is 148 Å². The molecule has 0 atom stereocenters. The van der Waals surface area contributed by atoms with Crippen LogP contribution in [0, 0.1) is 0 Å². The molecule has 0 aliphatic carbocycles. The van der Waals surface area contributed by atoms with Gasteiger partial charge in [-0.25, -0.2) is 4.98 Å². The molecule has 3 aromatic rings. The standard InChI is InChI=1S/C19H15F2N3O2/c20-19(21)26-15-8-5-13(6-9-15)11-23-18(25)10-7-14-12-22-16-3-1-2-4-17(16)24-14/h1-10,12,19H,11H2,(H,23,25)/b10-7+. The Morgan fingerprint density at radius 3 is 2.58 bits per heavy atom. The number of benzene rings is 2. The molecule has 0 bridgehead atoms. The van der Waals surface area contributed by atoms with E-state index in [1.807, 2.05) is 24.3 Å². The van der Waals surface area contributed by atoms with Gasteiger partial charge in [0.1, 0.15) is 5.75 Å². The highest BCUT2D eigenvalue weighted by Crippen LogP contribution is 2.14. The number of carbonyl (C=O) groups is 1. The summed E-state index contributed by atoms with van der Waals surface area (Å²) in [6.45, 7) is -2.59. The van der Waals surface area contributed by atoms with Gasteiger partial charge in [0.15, 0.2) is 0 Å². The van der Waals surface area contributed by atoms with Gasteiger partial charge in [0.05, 0.1) is 22.9 Å². The van der Waals surface area contributed by atoms with E-state index in [0.29, 0.717) is 5.69 Å². The maximum Gasteiger partial charge on any atom is 0.387 e. The zero-order valence-corrected chi connectivity index (χ0v) is 13.6. The summed E-state index contributed by atoms with van der Waals surface area (Å²) in [4.78, 5) is 20.6. The van der Waals surface area contributed by atoms with Crippen molar-refractivity contribution in [2.75, 3.05) is 0 Å². The number of halogens is 2. The third kappa shape index (κ3) is 4.83. The van der Waals surface area contributed by atoms with Crippen LogP contribution in [0.1, 0.15) is 11.3 Å². The molecule has 0 fully saturated rings. The summed E-state index contributed by atoms with van der Waals surface area (Å²) < 4.78 is 28.4. The summed E-state index contributed by atoms with van der Waals surface area (Å²) >= 11 is 0. The molecule has 132 valence electrons. The average molecular weight is 355 g/mol. The minimum absolute atomic E-state index is 0.0739. The highest BCUT2D eigenvalue weighted by Gasteiger charge is 2.04. The minimum Gasteiger partial charge on any atom is -0.435 e. The van der Waals surface area contributed by atoms with Crippen LogP contribution in [0.2, 0.25) is 0 Å². The fourth-order valence-corrected chi connectivity index (χ4v) is 2.25. The van der Waals surface area contributed by atoms with E-state index < -0.39 is 6.61 Å². The predicted molar refractivity (Wildman–Crippen MR) is 93.5 cm³/mol. The van der Waals surface area contributed by atoms with E-state index >= 15 is 0 Å². The van der Waals surface area contributed by atoms with Crippen molar-refractivity contribution >= 4 is 23.0 Å². The van der Waals surface area contributed by atoms with Gasteiger partial charge >= 0.3 is 6.61 Å². The Morgan fingerprint density at radius 1 is 1.12 bits per heavy atom. The molecule has 1 heterocycles. The van der Waals surface area contributed by atoms with Crippen molar-refractivity contribution in [3.63, 3.8) is 0 Å². The molecule has 0 spiro atoms. The van der Waals surface area contributed by atoms with Crippen molar-refractivity contribution in [1.29, 1.82) is 0 Å². The Bertz CT molecular complexity index is 927. The molecule has 26 heavy (non-hydrogen) atoms. The lowest BCUT2D eigenvalue weighted by atomic mass is 10.2. The second kappa shape index (κ2) is 8.15. The fourth-order valence-electron chi connectivity index (χ4n) is 2.25. The first-order valence-electron chi connectivity index (χ1n) is 7.81. The number of aromatic nitrogens is 2. The highest BCUT2D eigenvalue weighted by atomic mass is 19.3. The molecule has 0 radical (unpaired) electrons. The Morgan fingerprint density at radius 2 is 1.85 bits per heavy atom. The molecule has 3 rings (SSSR count). The average Bonchev–Trinajstić information content (AvgIpc) is 2.65. The molecule has 0 unspecified atom stereocenters. The molecule has 0 aliphatic rings. The number of para-hydroxylation sites is 2. The third-order valence-electron chi connectivity index (χ3n) is 3.49. The van der Waals surface area contributed by atoms with Crippen LogP contribution in [-0.2, 0) is 11.3 Å². The molecular formula is C19H15F2N3O2. The normalized spacial score (nSPS) is 11.2. The summed E-state index contributed by atoms with van der Waals surface area (Å²) in [6.07, 6.45) is 4.54. The lowest BCUT2D eigenvalue weighted by molar-refractivity contribution is -0.116. The van der Waals surface area contributed by atoms with Gasteiger partial charge in [-0.1, -0.05) is 24.3 Å². The van der Waals surface area contributed by atoms with Crippen LogP contribution in [0.5, 0.6) is 5.75 Å². The lowest BCUT2D eigenvalue weighted by Gasteiger charge is -2.06. The zero-order chi connectivity index (χ0) is 18.4. The first-order chi connectivity index (χ1) is 12.6. The summed E-state index contributed by atoms with van der Waals surface area (Å²) in [7, 11) is 0. The van der Waals surface area contributed by atoms with Crippen LogP contribution in [0.4, 0.5) is 8.78 Å². The van der Waals surface area contributed by atoms with Gasteiger partial charge < -0.3 is 10.1 Å². The van der Waals surface area contributed by atoms with E-state index in [-0.39, 0.29) is 18.2 Å². The smallest absolute Gasteiger partial charge is 0.387 e. The Kier molecular flexibility index (Phi) is 5.48. The van der Waals surface area contributed by atoms with E-state index in [0.717, 1.165) is 16.6 Å².